The van der Waals surface area contributed by atoms with Crippen LogP contribution in [0.3, 0.4) is 0 Å². The molecule has 0 bridgehead atoms. The number of amides is 1. The molecule has 0 fully saturated rings. The minimum Gasteiger partial charge on any atom is -0.493 e. The highest BCUT2D eigenvalue weighted by Crippen LogP contribution is 2.35. The Morgan fingerprint density at radius 2 is 1.93 bits per heavy atom. The van der Waals surface area contributed by atoms with Crippen LogP contribution in [0.1, 0.15) is 11.1 Å². The molecular formula is C22H21N3O3S. The number of rotatable bonds is 6. The molecule has 1 amide bonds. The minimum absolute atomic E-state index is 0.197. The van der Waals surface area contributed by atoms with E-state index in [4.69, 9.17) is 9.47 Å². The molecule has 7 heteroatoms. The van der Waals surface area contributed by atoms with E-state index in [1.165, 1.54) is 6.08 Å². The molecule has 0 saturated carbocycles. The third kappa shape index (κ3) is 4.14. The number of hydrogen-bond acceptors (Lipinski definition) is 6. The second-order valence-corrected chi connectivity index (χ2v) is 7.29. The average molecular weight is 407 g/mol. The van der Waals surface area contributed by atoms with E-state index < -0.39 is 0 Å². The number of nitrogens with zero attached hydrogens (tertiary/aromatic N) is 2. The number of methoxy groups -OCH3 is 2. The fraction of sp³-hybridized carbons (Fsp3) is 0.182. The third-order valence-corrected chi connectivity index (χ3v) is 5.55. The fourth-order valence-electron chi connectivity index (χ4n) is 3.18. The van der Waals surface area contributed by atoms with Crippen LogP contribution in [0.5, 0.6) is 11.5 Å². The van der Waals surface area contributed by atoms with E-state index >= 15 is 0 Å². The molecule has 4 rings (SSSR count). The smallest absolute Gasteiger partial charge is 0.248 e. The number of ether oxygens (including phenoxy) is 2. The van der Waals surface area contributed by atoms with Gasteiger partial charge in [-0.05, 0) is 41.5 Å². The molecule has 2 aromatic carbocycles. The third-order valence-electron chi connectivity index (χ3n) is 4.65. The van der Waals surface area contributed by atoms with Crippen molar-refractivity contribution in [2.24, 2.45) is 4.99 Å². The first kappa shape index (κ1) is 19.1. The standard InChI is InChI=1S/C22H21N3O3S/c1-27-19-9-3-15(13-20(19)28-2)4-10-21(26)24-17-7-5-16(6-8-17)18-14-29-22-23-11-12-25(18)22/h3-10,13-14H,11-12H2,1-2H3,(H,24,26). The first-order chi connectivity index (χ1) is 14.2. The molecule has 2 heterocycles. The van der Waals surface area contributed by atoms with Crippen LogP contribution in [0.25, 0.3) is 11.8 Å². The molecule has 0 aromatic heterocycles. The molecule has 2 aromatic rings. The van der Waals surface area contributed by atoms with Gasteiger partial charge in [-0.3, -0.25) is 9.79 Å². The largest absolute Gasteiger partial charge is 0.493 e. The first-order valence-corrected chi connectivity index (χ1v) is 10.1. The van der Waals surface area contributed by atoms with Crippen molar-refractivity contribution in [2.75, 3.05) is 32.6 Å². The van der Waals surface area contributed by atoms with Gasteiger partial charge in [0.1, 0.15) is 0 Å². The topological polar surface area (TPSA) is 63.2 Å². The average Bonchev–Trinajstić information content (AvgIpc) is 3.37. The predicted octanol–water partition coefficient (Wildman–Crippen LogP) is 4.07. The fourth-order valence-corrected chi connectivity index (χ4v) is 4.15. The van der Waals surface area contributed by atoms with Crippen molar-refractivity contribution >= 4 is 40.3 Å². The lowest BCUT2D eigenvalue weighted by Gasteiger charge is -2.16. The summed E-state index contributed by atoms with van der Waals surface area (Å²) in [5.41, 5.74) is 3.88. The second-order valence-electron chi connectivity index (χ2n) is 6.45. The van der Waals surface area contributed by atoms with E-state index in [0.717, 1.165) is 40.8 Å². The Balaban J connectivity index is 1.39. The maximum atomic E-state index is 12.3. The van der Waals surface area contributed by atoms with Gasteiger partial charge < -0.3 is 19.7 Å². The highest BCUT2D eigenvalue weighted by Gasteiger charge is 2.26. The van der Waals surface area contributed by atoms with Crippen LogP contribution in [0, 0.1) is 0 Å². The predicted molar refractivity (Wildman–Crippen MR) is 118 cm³/mol. The van der Waals surface area contributed by atoms with Crippen molar-refractivity contribution < 1.29 is 14.3 Å². The number of hydrogen-bond donors (Lipinski definition) is 1. The van der Waals surface area contributed by atoms with E-state index in [0.29, 0.717) is 11.5 Å². The lowest BCUT2D eigenvalue weighted by molar-refractivity contribution is -0.111. The molecule has 0 saturated heterocycles. The van der Waals surface area contributed by atoms with E-state index in [2.05, 4.69) is 20.6 Å². The molecule has 29 heavy (non-hydrogen) atoms. The summed E-state index contributed by atoms with van der Waals surface area (Å²) in [6.45, 7) is 1.77. The number of carbonyl (C=O) groups is 1. The highest BCUT2D eigenvalue weighted by molar-refractivity contribution is 8.16. The Kier molecular flexibility index (Phi) is 5.57. The number of fused-ring (bicyclic) bond motifs is 1. The molecule has 0 spiro atoms. The molecule has 0 radical (unpaired) electrons. The van der Waals surface area contributed by atoms with Crippen molar-refractivity contribution in [3.63, 3.8) is 0 Å². The van der Waals surface area contributed by atoms with Crippen molar-refractivity contribution in [1.82, 2.24) is 4.90 Å². The molecule has 6 nitrogen and oxygen atoms in total. The highest BCUT2D eigenvalue weighted by atomic mass is 32.2. The molecule has 0 atom stereocenters. The van der Waals surface area contributed by atoms with Gasteiger partial charge in [0.15, 0.2) is 16.7 Å². The molecule has 148 valence electrons. The first-order valence-electron chi connectivity index (χ1n) is 9.18. The van der Waals surface area contributed by atoms with Crippen molar-refractivity contribution in [2.45, 2.75) is 0 Å². The quantitative estimate of drug-likeness (QED) is 0.732. The molecule has 2 aliphatic heterocycles. The molecule has 0 unspecified atom stereocenters. The lowest BCUT2D eigenvalue weighted by Crippen LogP contribution is -2.19. The van der Waals surface area contributed by atoms with Gasteiger partial charge in [0, 0.05) is 23.7 Å². The van der Waals surface area contributed by atoms with Crippen molar-refractivity contribution in [3.8, 4) is 11.5 Å². The van der Waals surface area contributed by atoms with E-state index in [1.54, 1.807) is 32.1 Å². The van der Waals surface area contributed by atoms with Crippen LogP contribution in [-0.2, 0) is 4.79 Å². The maximum absolute atomic E-state index is 12.3. The Labute approximate surface area is 173 Å². The number of anilines is 1. The minimum atomic E-state index is -0.197. The zero-order chi connectivity index (χ0) is 20.2. The zero-order valence-electron chi connectivity index (χ0n) is 16.2. The molecular weight excluding hydrogens is 386 g/mol. The van der Waals surface area contributed by atoms with Gasteiger partial charge in [0.05, 0.1) is 26.5 Å². The van der Waals surface area contributed by atoms with Crippen LogP contribution in [0.4, 0.5) is 5.69 Å². The van der Waals surface area contributed by atoms with Gasteiger partial charge in [-0.25, -0.2) is 0 Å². The Bertz CT molecular complexity index is 1010. The number of amidine groups is 1. The number of thioether (sulfide) groups is 1. The number of carbonyl (C=O) groups excluding carboxylic acids is 1. The van der Waals surface area contributed by atoms with Crippen LogP contribution >= 0.6 is 11.8 Å². The van der Waals surface area contributed by atoms with Crippen molar-refractivity contribution in [3.05, 3.63) is 65.1 Å². The van der Waals surface area contributed by atoms with E-state index in [9.17, 15) is 4.79 Å². The summed E-state index contributed by atoms with van der Waals surface area (Å²) in [6.07, 6.45) is 3.23. The summed E-state index contributed by atoms with van der Waals surface area (Å²) in [4.78, 5) is 19.0. The monoisotopic (exact) mass is 407 g/mol. The van der Waals surface area contributed by atoms with Crippen LogP contribution in [0.2, 0.25) is 0 Å². The Morgan fingerprint density at radius 3 is 2.69 bits per heavy atom. The lowest BCUT2D eigenvalue weighted by atomic mass is 10.1. The van der Waals surface area contributed by atoms with E-state index in [1.807, 2.05) is 42.5 Å². The van der Waals surface area contributed by atoms with Crippen LogP contribution in [-0.4, -0.2) is 43.3 Å². The Hall–Kier alpha value is -3.19. The summed E-state index contributed by atoms with van der Waals surface area (Å²) in [7, 11) is 3.17. The Morgan fingerprint density at radius 1 is 1.14 bits per heavy atom. The van der Waals surface area contributed by atoms with Crippen LogP contribution in [0.15, 0.2) is 58.9 Å². The van der Waals surface area contributed by atoms with E-state index in [-0.39, 0.29) is 5.91 Å². The SMILES string of the molecule is COc1ccc(C=CC(=O)Nc2ccc(C3=CSC4=NCCN34)cc2)cc1OC. The van der Waals surface area contributed by atoms with Gasteiger partial charge in [-0.1, -0.05) is 30.0 Å². The molecule has 1 N–H and O–H groups in total. The van der Waals surface area contributed by atoms with Gasteiger partial charge in [0.2, 0.25) is 5.91 Å². The van der Waals surface area contributed by atoms with Crippen molar-refractivity contribution in [1.29, 1.82) is 0 Å². The maximum Gasteiger partial charge on any atom is 0.248 e. The molecule has 0 aliphatic carbocycles. The van der Waals surface area contributed by atoms with Crippen LogP contribution < -0.4 is 14.8 Å². The zero-order valence-corrected chi connectivity index (χ0v) is 17.0. The van der Waals surface area contributed by atoms with Gasteiger partial charge in [-0.15, -0.1) is 0 Å². The normalized spacial score (nSPS) is 15.2. The summed E-state index contributed by atoms with van der Waals surface area (Å²) < 4.78 is 10.5. The summed E-state index contributed by atoms with van der Waals surface area (Å²) >= 11 is 1.66. The summed E-state index contributed by atoms with van der Waals surface area (Å²) in [5, 5.41) is 6.07. The number of aliphatic imine (C=N–C) groups is 1. The summed E-state index contributed by atoms with van der Waals surface area (Å²) in [6, 6.07) is 13.3. The second kappa shape index (κ2) is 8.45. The molecule has 2 aliphatic rings. The van der Waals surface area contributed by atoms with Gasteiger partial charge in [0.25, 0.3) is 0 Å². The van der Waals surface area contributed by atoms with Gasteiger partial charge >= 0.3 is 0 Å². The number of nitrogens with one attached hydrogen (secondary N) is 1. The number of benzene rings is 2. The van der Waals surface area contributed by atoms with Gasteiger partial charge in [-0.2, -0.15) is 0 Å². The summed E-state index contributed by atoms with van der Waals surface area (Å²) in [5.74, 6) is 1.07.